The molecule has 0 aromatic carbocycles. The van der Waals surface area contributed by atoms with Crippen molar-refractivity contribution in [2.75, 3.05) is 6.54 Å². The third-order valence-corrected chi connectivity index (χ3v) is 2.27. The summed E-state index contributed by atoms with van der Waals surface area (Å²) in [5.41, 5.74) is 4.90. The predicted molar refractivity (Wildman–Crippen MR) is 44.2 cm³/mol. The highest BCUT2D eigenvalue weighted by Gasteiger charge is 2.25. The van der Waals surface area contributed by atoms with Gasteiger partial charge in [-0.2, -0.15) is 0 Å². The van der Waals surface area contributed by atoms with Gasteiger partial charge in [0, 0.05) is 12.6 Å². The van der Waals surface area contributed by atoms with Crippen molar-refractivity contribution in [2.24, 2.45) is 5.73 Å². The van der Waals surface area contributed by atoms with Gasteiger partial charge in [0.15, 0.2) is 0 Å². The summed E-state index contributed by atoms with van der Waals surface area (Å²) in [5, 5.41) is 0. The van der Waals surface area contributed by atoms with Crippen LogP contribution in [0.3, 0.4) is 0 Å². The quantitative estimate of drug-likeness (QED) is 0.515. The smallest absolute Gasteiger partial charge is 0.311 e. The van der Waals surface area contributed by atoms with Crippen molar-refractivity contribution in [3.05, 3.63) is 0 Å². The monoisotopic (exact) mass is 170 g/mol. The van der Waals surface area contributed by atoms with E-state index in [0.717, 1.165) is 19.3 Å². The van der Waals surface area contributed by atoms with Gasteiger partial charge in [0.1, 0.15) is 0 Å². The normalized spacial score (nSPS) is 23.8. The van der Waals surface area contributed by atoms with Crippen molar-refractivity contribution in [1.29, 1.82) is 0 Å². The van der Waals surface area contributed by atoms with Crippen LogP contribution in [0, 0.1) is 0 Å². The van der Waals surface area contributed by atoms with Crippen LogP contribution in [0.5, 0.6) is 0 Å². The minimum absolute atomic E-state index is 0.166. The Hall–Kier alpha value is -1.06. The van der Waals surface area contributed by atoms with Gasteiger partial charge in [-0.15, -0.1) is 0 Å². The summed E-state index contributed by atoms with van der Waals surface area (Å²) in [6.45, 7) is 2.61. The maximum Gasteiger partial charge on any atom is 0.311 e. The fraction of sp³-hybridized carbons (Fsp3) is 0.750. The van der Waals surface area contributed by atoms with Crippen LogP contribution in [-0.4, -0.2) is 29.3 Å². The lowest BCUT2D eigenvalue weighted by Gasteiger charge is -2.32. The van der Waals surface area contributed by atoms with Crippen molar-refractivity contribution >= 4 is 11.8 Å². The Morgan fingerprint density at radius 3 is 2.58 bits per heavy atom. The number of carbonyl (C=O) groups is 2. The van der Waals surface area contributed by atoms with Crippen LogP contribution >= 0.6 is 0 Å². The van der Waals surface area contributed by atoms with E-state index in [1.807, 2.05) is 6.92 Å². The molecule has 0 bridgehead atoms. The molecule has 1 aliphatic heterocycles. The molecule has 4 nitrogen and oxygen atoms in total. The molecule has 4 heteroatoms. The molecule has 1 atom stereocenters. The second-order valence-corrected chi connectivity index (χ2v) is 3.21. The van der Waals surface area contributed by atoms with Crippen molar-refractivity contribution in [2.45, 2.75) is 32.2 Å². The molecule has 0 aromatic heterocycles. The molecule has 1 rings (SSSR count). The van der Waals surface area contributed by atoms with E-state index < -0.39 is 11.8 Å². The van der Waals surface area contributed by atoms with Crippen molar-refractivity contribution in [3.8, 4) is 0 Å². The second-order valence-electron chi connectivity index (χ2n) is 3.21. The average molecular weight is 170 g/mol. The Bertz CT molecular complexity index is 203. The Kier molecular flexibility index (Phi) is 2.68. The Balaban J connectivity index is 2.59. The van der Waals surface area contributed by atoms with Crippen molar-refractivity contribution < 1.29 is 9.59 Å². The van der Waals surface area contributed by atoms with Crippen LogP contribution < -0.4 is 5.73 Å². The number of likely N-dealkylation sites (tertiary alicyclic amines) is 1. The molecule has 1 saturated heterocycles. The summed E-state index contributed by atoms with van der Waals surface area (Å²) in [7, 11) is 0. The number of hydrogen-bond donors (Lipinski definition) is 1. The first-order valence-corrected chi connectivity index (χ1v) is 4.23. The van der Waals surface area contributed by atoms with Gasteiger partial charge in [0.2, 0.25) is 0 Å². The zero-order valence-electron chi connectivity index (χ0n) is 7.25. The van der Waals surface area contributed by atoms with Crippen LogP contribution in [0.2, 0.25) is 0 Å². The largest absolute Gasteiger partial charge is 0.361 e. The SMILES string of the molecule is CC1CCCCN1C(=O)C(N)=O. The zero-order chi connectivity index (χ0) is 9.14. The summed E-state index contributed by atoms with van der Waals surface area (Å²) in [6, 6.07) is 0.166. The maximum absolute atomic E-state index is 11.2. The first-order chi connectivity index (χ1) is 5.63. The molecule has 2 amide bonds. The molecule has 1 heterocycles. The zero-order valence-corrected chi connectivity index (χ0v) is 7.25. The van der Waals surface area contributed by atoms with Crippen molar-refractivity contribution in [3.63, 3.8) is 0 Å². The fourth-order valence-corrected chi connectivity index (χ4v) is 1.54. The van der Waals surface area contributed by atoms with Gasteiger partial charge in [-0.05, 0) is 26.2 Å². The second kappa shape index (κ2) is 3.56. The van der Waals surface area contributed by atoms with Gasteiger partial charge >= 0.3 is 11.8 Å². The predicted octanol–water partition coefficient (Wildman–Crippen LogP) is -0.127. The number of nitrogens with zero attached hydrogens (tertiary/aromatic N) is 1. The van der Waals surface area contributed by atoms with E-state index in [1.54, 1.807) is 4.90 Å². The number of hydrogen-bond acceptors (Lipinski definition) is 2. The summed E-state index contributed by atoms with van der Waals surface area (Å²) >= 11 is 0. The van der Waals surface area contributed by atoms with Crippen LogP contribution in [0.4, 0.5) is 0 Å². The van der Waals surface area contributed by atoms with Gasteiger partial charge < -0.3 is 10.6 Å². The van der Waals surface area contributed by atoms with Crippen LogP contribution in [0.1, 0.15) is 26.2 Å². The lowest BCUT2D eigenvalue weighted by atomic mass is 10.0. The van der Waals surface area contributed by atoms with E-state index in [2.05, 4.69) is 0 Å². The summed E-state index contributed by atoms with van der Waals surface area (Å²) in [6.07, 6.45) is 3.08. The van der Waals surface area contributed by atoms with Crippen LogP contribution in [-0.2, 0) is 9.59 Å². The van der Waals surface area contributed by atoms with Crippen molar-refractivity contribution in [1.82, 2.24) is 4.90 Å². The number of nitrogens with two attached hydrogens (primary N) is 1. The Morgan fingerprint density at radius 1 is 1.42 bits per heavy atom. The van der Waals surface area contributed by atoms with E-state index in [9.17, 15) is 9.59 Å². The fourth-order valence-electron chi connectivity index (χ4n) is 1.54. The highest BCUT2D eigenvalue weighted by atomic mass is 16.2. The van der Waals surface area contributed by atoms with Gasteiger partial charge in [-0.1, -0.05) is 0 Å². The molecule has 1 unspecified atom stereocenters. The molecule has 1 aliphatic rings. The lowest BCUT2D eigenvalue weighted by molar-refractivity contribution is -0.146. The summed E-state index contributed by atoms with van der Waals surface area (Å²) < 4.78 is 0. The van der Waals surface area contributed by atoms with E-state index in [4.69, 9.17) is 5.73 Å². The van der Waals surface area contributed by atoms with Gasteiger partial charge in [-0.3, -0.25) is 9.59 Å². The van der Waals surface area contributed by atoms with Gasteiger partial charge in [-0.25, -0.2) is 0 Å². The first-order valence-electron chi connectivity index (χ1n) is 4.23. The Labute approximate surface area is 71.7 Å². The molecule has 68 valence electrons. The van der Waals surface area contributed by atoms with E-state index in [0.29, 0.717) is 6.54 Å². The number of primary amides is 1. The highest BCUT2D eigenvalue weighted by molar-refractivity contribution is 6.34. The molecular formula is C8H14N2O2. The number of piperidine rings is 1. The maximum atomic E-state index is 11.2. The molecule has 0 radical (unpaired) electrons. The Morgan fingerprint density at radius 2 is 2.08 bits per heavy atom. The number of carbonyl (C=O) groups excluding carboxylic acids is 2. The third kappa shape index (κ3) is 1.75. The van der Waals surface area contributed by atoms with E-state index in [-0.39, 0.29) is 6.04 Å². The number of amides is 2. The molecule has 12 heavy (non-hydrogen) atoms. The molecular weight excluding hydrogens is 156 g/mol. The molecule has 0 aromatic rings. The molecule has 2 N–H and O–H groups in total. The third-order valence-electron chi connectivity index (χ3n) is 2.27. The first kappa shape index (κ1) is 9.03. The van der Waals surface area contributed by atoms with E-state index >= 15 is 0 Å². The van der Waals surface area contributed by atoms with Gasteiger partial charge in [0.05, 0.1) is 0 Å². The average Bonchev–Trinajstić information content (AvgIpc) is 2.04. The number of rotatable bonds is 0. The summed E-state index contributed by atoms with van der Waals surface area (Å²) in [4.78, 5) is 23.3. The molecule has 0 spiro atoms. The lowest BCUT2D eigenvalue weighted by Crippen LogP contribution is -2.47. The minimum Gasteiger partial charge on any atom is -0.361 e. The molecule has 0 saturated carbocycles. The van der Waals surface area contributed by atoms with Crippen LogP contribution in [0.25, 0.3) is 0 Å². The van der Waals surface area contributed by atoms with Crippen LogP contribution in [0.15, 0.2) is 0 Å². The molecule has 0 aliphatic carbocycles. The van der Waals surface area contributed by atoms with Gasteiger partial charge in [0.25, 0.3) is 0 Å². The molecule has 1 fully saturated rings. The summed E-state index contributed by atoms with van der Waals surface area (Å²) in [5.74, 6) is -1.38. The van der Waals surface area contributed by atoms with E-state index in [1.165, 1.54) is 0 Å². The highest BCUT2D eigenvalue weighted by Crippen LogP contribution is 2.15. The standard InChI is InChI=1S/C8H14N2O2/c1-6-4-2-3-5-10(6)8(12)7(9)11/h6H,2-5H2,1H3,(H2,9,11). The minimum atomic E-state index is -0.844. The topological polar surface area (TPSA) is 63.4 Å².